The van der Waals surface area contributed by atoms with Crippen LogP contribution in [0, 0.1) is 6.92 Å². The lowest BCUT2D eigenvalue weighted by atomic mass is 9.96. The van der Waals surface area contributed by atoms with Crippen LogP contribution in [0.25, 0.3) is 0 Å². The van der Waals surface area contributed by atoms with Gasteiger partial charge >= 0.3 is 0 Å². The molecular weight excluding hydrogens is 146 g/mol. The van der Waals surface area contributed by atoms with Crippen molar-refractivity contribution < 1.29 is 0 Å². The summed E-state index contributed by atoms with van der Waals surface area (Å²) in [5.74, 6) is 0.575. The Bertz CT molecular complexity index is 266. The zero-order chi connectivity index (χ0) is 9.14. The molecule has 66 valence electrons. The number of rotatable bonds is 2. The summed E-state index contributed by atoms with van der Waals surface area (Å²) in [6.45, 7) is 6.46. The van der Waals surface area contributed by atoms with Gasteiger partial charge in [-0.05, 0) is 36.5 Å². The van der Waals surface area contributed by atoms with Crippen molar-refractivity contribution in [2.24, 2.45) is 0 Å². The van der Waals surface area contributed by atoms with Gasteiger partial charge in [-0.2, -0.15) is 0 Å². The number of hydrogen-bond donors (Lipinski definition) is 1. The third-order valence-electron chi connectivity index (χ3n) is 2.39. The number of aryl methyl sites for hydroxylation is 1. The minimum atomic E-state index is 0.575. The van der Waals surface area contributed by atoms with E-state index < -0.39 is 0 Å². The smallest absolute Gasteiger partial charge is 0.0351 e. The Morgan fingerprint density at radius 3 is 2.58 bits per heavy atom. The fourth-order valence-electron chi connectivity index (χ4n) is 1.36. The predicted molar refractivity (Wildman–Crippen MR) is 54.3 cm³/mol. The maximum absolute atomic E-state index is 5.90. The average molecular weight is 163 g/mol. The van der Waals surface area contributed by atoms with Gasteiger partial charge in [-0.25, -0.2) is 0 Å². The van der Waals surface area contributed by atoms with Crippen molar-refractivity contribution in [3.05, 3.63) is 29.3 Å². The zero-order valence-electron chi connectivity index (χ0n) is 8.09. The van der Waals surface area contributed by atoms with Crippen LogP contribution in [0.3, 0.4) is 0 Å². The van der Waals surface area contributed by atoms with Crippen molar-refractivity contribution in [1.82, 2.24) is 0 Å². The zero-order valence-corrected chi connectivity index (χ0v) is 8.09. The molecule has 1 aromatic carbocycles. The molecule has 0 radical (unpaired) electrons. The minimum absolute atomic E-state index is 0.575. The van der Waals surface area contributed by atoms with Gasteiger partial charge in [0.1, 0.15) is 0 Å². The molecule has 1 aromatic rings. The highest BCUT2D eigenvalue weighted by molar-refractivity contribution is 5.50. The molecular formula is C11H17N. The number of benzene rings is 1. The molecule has 0 aliphatic carbocycles. The molecule has 0 saturated heterocycles. The lowest BCUT2D eigenvalue weighted by Gasteiger charge is -2.12. The molecule has 0 aromatic heterocycles. The van der Waals surface area contributed by atoms with E-state index in [0.29, 0.717) is 5.92 Å². The molecule has 1 rings (SSSR count). The number of anilines is 1. The average Bonchev–Trinajstić information content (AvgIpc) is 2.03. The van der Waals surface area contributed by atoms with Gasteiger partial charge in [0.2, 0.25) is 0 Å². The fourth-order valence-corrected chi connectivity index (χ4v) is 1.36. The van der Waals surface area contributed by atoms with Gasteiger partial charge in [0, 0.05) is 5.69 Å². The number of nitrogen functional groups attached to an aromatic ring is 1. The number of hydrogen-bond acceptors (Lipinski definition) is 1. The third kappa shape index (κ3) is 1.79. The molecule has 1 unspecified atom stereocenters. The third-order valence-corrected chi connectivity index (χ3v) is 2.39. The highest BCUT2D eigenvalue weighted by Crippen LogP contribution is 2.25. The molecule has 0 fully saturated rings. The molecule has 0 saturated carbocycles. The van der Waals surface area contributed by atoms with Crippen LogP contribution < -0.4 is 5.73 Å². The molecule has 0 aliphatic heterocycles. The standard InChI is InChI=1S/C11H17N/c1-4-9(3)10-6-5-8(2)7-11(10)12/h5-7,9H,4,12H2,1-3H3. The van der Waals surface area contributed by atoms with E-state index in [2.05, 4.69) is 32.9 Å². The summed E-state index contributed by atoms with van der Waals surface area (Å²) in [5, 5.41) is 0. The summed E-state index contributed by atoms with van der Waals surface area (Å²) < 4.78 is 0. The van der Waals surface area contributed by atoms with Crippen LogP contribution in [0.1, 0.15) is 37.3 Å². The Morgan fingerprint density at radius 1 is 1.42 bits per heavy atom. The Hall–Kier alpha value is -0.980. The largest absolute Gasteiger partial charge is 0.398 e. The summed E-state index contributed by atoms with van der Waals surface area (Å²) in [6, 6.07) is 6.30. The molecule has 1 heteroatoms. The molecule has 0 amide bonds. The summed E-state index contributed by atoms with van der Waals surface area (Å²) >= 11 is 0. The molecule has 0 bridgehead atoms. The van der Waals surface area contributed by atoms with Gasteiger partial charge in [-0.15, -0.1) is 0 Å². The van der Waals surface area contributed by atoms with E-state index in [1.165, 1.54) is 11.1 Å². The molecule has 2 N–H and O–H groups in total. The van der Waals surface area contributed by atoms with Gasteiger partial charge in [0.05, 0.1) is 0 Å². The van der Waals surface area contributed by atoms with Gasteiger partial charge in [-0.1, -0.05) is 26.0 Å². The van der Waals surface area contributed by atoms with Crippen LogP contribution in [0.5, 0.6) is 0 Å². The second kappa shape index (κ2) is 3.61. The first kappa shape index (κ1) is 9.11. The molecule has 1 nitrogen and oxygen atoms in total. The Labute approximate surface area is 74.6 Å². The molecule has 0 spiro atoms. The van der Waals surface area contributed by atoms with E-state index >= 15 is 0 Å². The van der Waals surface area contributed by atoms with Gasteiger partial charge in [0.15, 0.2) is 0 Å². The fraction of sp³-hybridized carbons (Fsp3) is 0.455. The maximum atomic E-state index is 5.90. The Morgan fingerprint density at radius 2 is 2.08 bits per heavy atom. The quantitative estimate of drug-likeness (QED) is 0.666. The first-order valence-corrected chi connectivity index (χ1v) is 4.51. The summed E-state index contributed by atoms with van der Waals surface area (Å²) in [4.78, 5) is 0. The molecule has 1 atom stereocenters. The monoisotopic (exact) mass is 163 g/mol. The van der Waals surface area contributed by atoms with Crippen molar-refractivity contribution in [3.63, 3.8) is 0 Å². The van der Waals surface area contributed by atoms with Crippen LogP contribution in [-0.2, 0) is 0 Å². The van der Waals surface area contributed by atoms with Gasteiger partial charge < -0.3 is 5.73 Å². The van der Waals surface area contributed by atoms with E-state index in [-0.39, 0.29) is 0 Å². The van der Waals surface area contributed by atoms with E-state index in [9.17, 15) is 0 Å². The van der Waals surface area contributed by atoms with Gasteiger partial charge in [-0.3, -0.25) is 0 Å². The summed E-state index contributed by atoms with van der Waals surface area (Å²) in [6.07, 6.45) is 1.15. The van der Waals surface area contributed by atoms with E-state index in [4.69, 9.17) is 5.73 Å². The highest BCUT2D eigenvalue weighted by atomic mass is 14.6. The summed E-state index contributed by atoms with van der Waals surface area (Å²) in [5.41, 5.74) is 9.35. The van der Waals surface area contributed by atoms with Crippen LogP contribution in [0.4, 0.5) is 5.69 Å². The van der Waals surface area contributed by atoms with E-state index in [1.807, 2.05) is 6.07 Å². The van der Waals surface area contributed by atoms with Crippen LogP contribution in [-0.4, -0.2) is 0 Å². The van der Waals surface area contributed by atoms with Crippen molar-refractivity contribution in [1.29, 1.82) is 0 Å². The van der Waals surface area contributed by atoms with E-state index in [0.717, 1.165) is 12.1 Å². The summed E-state index contributed by atoms with van der Waals surface area (Å²) in [7, 11) is 0. The van der Waals surface area contributed by atoms with E-state index in [1.54, 1.807) is 0 Å². The topological polar surface area (TPSA) is 26.0 Å². The Kier molecular flexibility index (Phi) is 2.74. The van der Waals surface area contributed by atoms with Gasteiger partial charge in [0.25, 0.3) is 0 Å². The first-order chi connectivity index (χ1) is 5.65. The second-order valence-electron chi connectivity index (χ2n) is 3.44. The lowest BCUT2D eigenvalue weighted by Crippen LogP contribution is -1.98. The van der Waals surface area contributed by atoms with Crippen LogP contribution >= 0.6 is 0 Å². The molecule has 0 aliphatic rings. The van der Waals surface area contributed by atoms with Crippen LogP contribution in [0.2, 0.25) is 0 Å². The second-order valence-corrected chi connectivity index (χ2v) is 3.44. The first-order valence-electron chi connectivity index (χ1n) is 4.51. The highest BCUT2D eigenvalue weighted by Gasteiger charge is 2.05. The SMILES string of the molecule is CCC(C)c1ccc(C)cc1N. The Balaban J connectivity index is 3.01. The maximum Gasteiger partial charge on any atom is 0.0351 e. The molecule has 12 heavy (non-hydrogen) atoms. The van der Waals surface area contributed by atoms with Crippen molar-refractivity contribution >= 4 is 5.69 Å². The lowest BCUT2D eigenvalue weighted by molar-refractivity contribution is 0.735. The molecule has 0 heterocycles. The van der Waals surface area contributed by atoms with Crippen molar-refractivity contribution in [3.8, 4) is 0 Å². The number of nitrogens with two attached hydrogens (primary N) is 1. The minimum Gasteiger partial charge on any atom is -0.398 e. The van der Waals surface area contributed by atoms with Crippen molar-refractivity contribution in [2.75, 3.05) is 5.73 Å². The van der Waals surface area contributed by atoms with Crippen LogP contribution in [0.15, 0.2) is 18.2 Å². The van der Waals surface area contributed by atoms with Crippen molar-refractivity contribution in [2.45, 2.75) is 33.1 Å². The normalized spacial score (nSPS) is 12.9. The predicted octanol–water partition coefficient (Wildman–Crippen LogP) is 3.09.